The Kier molecular flexibility index (Phi) is 3.66. The number of aliphatic carboxylic acids is 1. The second-order valence-electron chi connectivity index (χ2n) is 3.65. The Morgan fingerprint density at radius 3 is 2.95 bits per heavy atom. The van der Waals surface area contributed by atoms with E-state index in [2.05, 4.69) is 10.1 Å². The summed E-state index contributed by atoms with van der Waals surface area (Å²) in [6.07, 6.45) is 0. The number of halogens is 2. The summed E-state index contributed by atoms with van der Waals surface area (Å²) < 4.78 is 19.9. The molecule has 1 N–H and O–H groups in total. The molecule has 0 spiro atoms. The SMILES string of the molecule is Cn1nc(OCC(=O)O)nc1-c1ccc(Cl)cc1F. The summed E-state index contributed by atoms with van der Waals surface area (Å²) in [5.74, 6) is -1.48. The second kappa shape index (κ2) is 5.23. The summed E-state index contributed by atoms with van der Waals surface area (Å²) in [6.45, 7) is -0.563. The first-order valence-electron chi connectivity index (χ1n) is 5.18. The van der Waals surface area contributed by atoms with Crippen LogP contribution in [0.2, 0.25) is 5.02 Å². The normalized spacial score (nSPS) is 10.5. The maximum absolute atomic E-state index is 13.7. The number of carbonyl (C=O) groups is 1. The molecule has 0 aliphatic rings. The fourth-order valence-electron chi connectivity index (χ4n) is 1.45. The second-order valence-corrected chi connectivity index (χ2v) is 4.08. The van der Waals surface area contributed by atoms with Gasteiger partial charge in [-0.15, -0.1) is 5.10 Å². The number of rotatable bonds is 4. The number of nitrogens with zero attached hydrogens (tertiary/aromatic N) is 3. The quantitative estimate of drug-likeness (QED) is 0.926. The molecule has 19 heavy (non-hydrogen) atoms. The molecule has 0 aliphatic carbocycles. The van der Waals surface area contributed by atoms with E-state index < -0.39 is 18.4 Å². The van der Waals surface area contributed by atoms with Crippen LogP contribution in [0.4, 0.5) is 4.39 Å². The van der Waals surface area contributed by atoms with E-state index in [4.69, 9.17) is 21.4 Å². The number of aromatic nitrogens is 3. The molecule has 0 aliphatic heterocycles. The van der Waals surface area contributed by atoms with Crippen molar-refractivity contribution in [3.05, 3.63) is 29.0 Å². The maximum atomic E-state index is 13.7. The van der Waals surface area contributed by atoms with E-state index in [1.165, 1.54) is 16.8 Å². The summed E-state index contributed by atoms with van der Waals surface area (Å²) in [5.41, 5.74) is 0.199. The molecule has 0 unspecified atom stereocenters. The summed E-state index contributed by atoms with van der Waals surface area (Å²) in [5, 5.41) is 12.6. The third-order valence-electron chi connectivity index (χ3n) is 2.24. The van der Waals surface area contributed by atoms with Gasteiger partial charge in [0.05, 0.1) is 5.56 Å². The molecule has 0 atom stereocenters. The number of benzene rings is 1. The molecular weight excluding hydrogens is 277 g/mol. The Bertz CT molecular complexity index is 630. The van der Waals surface area contributed by atoms with E-state index in [-0.39, 0.29) is 22.4 Å². The lowest BCUT2D eigenvalue weighted by Gasteiger charge is -2.01. The van der Waals surface area contributed by atoms with Crippen molar-refractivity contribution in [2.24, 2.45) is 7.05 Å². The van der Waals surface area contributed by atoms with Crippen LogP contribution in [-0.4, -0.2) is 32.4 Å². The van der Waals surface area contributed by atoms with Crippen LogP contribution in [0.1, 0.15) is 0 Å². The van der Waals surface area contributed by atoms with Gasteiger partial charge in [0.2, 0.25) is 0 Å². The molecule has 1 aromatic carbocycles. The highest BCUT2D eigenvalue weighted by molar-refractivity contribution is 6.30. The predicted octanol–water partition coefficient (Wildman–Crippen LogP) is 1.74. The summed E-state index contributed by atoms with van der Waals surface area (Å²) in [7, 11) is 1.55. The Morgan fingerprint density at radius 2 is 2.32 bits per heavy atom. The molecule has 6 nitrogen and oxygen atoms in total. The van der Waals surface area contributed by atoms with Gasteiger partial charge in [-0.2, -0.15) is 4.98 Å². The average Bonchev–Trinajstić information content (AvgIpc) is 2.68. The van der Waals surface area contributed by atoms with Crippen molar-refractivity contribution < 1.29 is 19.0 Å². The Balaban J connectivity index is 2.32. The van der Waals surface area contributed by atoms with Gasteiger partial charge in [-0.05, 0) is 18.2 Å². The van der Waals surface area contributed by atoms with E-state index in [1.807, 2.05) is 0 Å². The third kappa shape index (κ3) is 3.00. The number of ether oxygens (including phenoxy) is 1. The van der Waals surface area contributed by atoms with E-state index in [0.717, 1.165) is 6.07 Å². The largest absolute Gasteiger partial charge is 0.479 e. The Hall–Kier alpha value is -2.15. The predicted molar refractivity (Wildman–Crippen MR) is 64.5 cm³/mol. The van der Waals surface area contributed by atoms with Crippen molar-refractivity contribution in [1.82, 2.24) is 14.8 Å². The molecule has 1 aromatic heterocycles. The van der Waals surface area contributed by atoms with Gasteiger partial charge in [-0.3, -0.25) is 0 Å². The maximum Gasteiger partial charge on any atom is 0.341 e. The number of hydrogen-bond donors (Lipinski definition) is 1. The number of carboxylic acid groups (broad SMARTS) is 1. The third-order valence-corrected chi connectivity index (χ3v) is 2.48. The lowest BCUT2D eigenvalue weighted by molar-refractivity contribution is -0.139. The van der Waals surface area contributed by atoms with Gasteiger partial charge in [0, 0.05) is 12.1 Å². The minimum Gasteiger partial charge on any atom is -0.479 e. The fraction of sp³-hybridized carbons (Fsp3) is 0.182. The lowest BCUT2D eigenvalue weighted by atomic mass is 10.2. The number of aryl methyl sites for hydroxylation is 1. The van der Waals surface area contributed by atoms with E-state index in [0.29, 0.717) is 0 Å². The zero-order valence-electron chi connectivity index (χ0n) is 9.80. The first-order chi connectivity index (χ1) is 8.97. The van der Waals surface area contributed by atoms with Crippen molar-refractivity contribution in [3.8, 4) is 17.4 Å². The highest BCUT2D eigenvalue weighted by Crippen LogP contribution is 2.24. The van der Waals surface area contributed by atoms with Crippen LogP contribution in [0.5, 0.6) is 6.01 Å². The molecule has 100 valence electrons. The zero-order valence-corrected chi connectivity index (χ0v) is 10.6. The van der Waals surface area contributed by atoms with Crippen molar-refractivity contribution in [3.63, 3.8) is 0 Å². The molecule has 0 bridgehead atoms. The standard InChI is InChI=1S/C11H9ClFN3O3/c1-16-10(7-3-2-6(12)4-8(7)13)14-11(15-16)19-5-9(17)18/h2-4H,5H2,1H3,(H,17,18). The molecular formula is C11H9ClFN3O3. The average molecular weight is 286 g/mol. The monoisotopic (exact) mass is 285 g/mol. The molecule has 0 amide bonds. The molecule has 0 saturated heterocycles. The van der Waals surface area contributed by atoms with Gasteiger partial charge in [0.15, 0.2) is 12.4 Å². The van der Waals surface area contributed by atoms with Gasteiger partial charge in [0.25, 0.3) is 0 Å². The molecule has 8 heteroatoms. The molecule has 1 heterocycles. The smallest absolute Gasteiger partial charge is 0.341 e. The van der Waals surface area contributed by atoms with E-state index in [1.54, 1.807) is 7.05 Å². The number of carboxylic acids is 1. The van der Waals surface area contributed by atoms with E-state index in [9.17, 15) is 9.18 Å². The Labute approximate surface area is 112 Å². The lowest BCUT2D eigenvalue weighted by Crippen LogP contribution is -2.10. The zero-order chi connectivity index (χ0) is 14.0. The van der Waals surface area contributed by atoms with Crippen LogP contribution in [0.25, 0.3) is 11.4 Å². The number of hydrogen-bond acceptors (Lipinski definition) is 4. The van der Waals surface area contributed by atoms with Gasteiger partial charge < -0.3 is 9.84 Å². The fourth-order valence-corrected chi connectivity index (χ4v) is 1.61. The van der Waals surface area contributed by atoms with Crippen LogP contribution in [-0.2, 0) is 11.8 Å². The molecule has 0 fully saturated rings. The molecule has 0 saturated carbocycles. The topological polar surface area (TPSA) is 77.2 Å². The minimum atomic E-state index is -1.15. The summed E-state index contributed by atoms with van der Waals surface area (Å²) in [4.78, 5) is 14.3. The molecule has 2 rings (SSSR count). The van der Waals surface area contributed by atoms with Gasteiger partial charge >= 0.3 is 12.0 Å². The first-order valence-corrected chi connectivity index (χ1v) is 5.56. The van der Waals surface area contributed by atoms with Crippen molar-refractivity contribution in [1.29, 1.82) is 0 Å². The molecule has 0 radical (unpaired) electrons. The van der Waals surface area contributed by atoms with Gasteiger partial charge in [0.1, 0.15) is 5.82 Å². The first kappa shape index (κ1) is 13.3. The highest BCUT2D eigenvalue weighted by atomic mass is 35.5. The molecule has 2 aromatic rings. The van der Waals surface area contributed by atoms with Crippen molar-refractivity contribution in [2.45, 2.75) is 0 Å². The van der Waals surface area contributed by atoms with Crippen molar-refractivity contribution in [2.75, 3.05) is 6.61 Å². The minimum absolute atomic E-state index is 0.130. The van der Waals surface area contributed by atoms with Crippen molar-refractivity contribution >= 4 is 17.6 Å². The van der Waals surface area contributed by atoms with Crippen LogP contribution < -0.4 is 4.74 Å². The summed E-state index contributed by atoms with van der Waals surface area (Å²) in [6, 6.07) is 4.01. The van der Waals surface area contributed by atoms with Gasteiger partial charge in [-0.1, -0.05) is 11.6 Å². The van der Waals surface area contributed by atoms with E-state index >= 15 is 0 Å². The van der Waals surface area contributed by atoms with Gasteiger partial charge in [-0.25, -0.2) is 13.9 Å². The van der Waals surface area contributed by atoms with Crippen LogP contribution in [0.15, 0.2) is 18.2 Å². The Morgan fingerprint density at radius 1 is 1.58 bits per heavy atom. The summed E-state index contributed by atoms with van der Waals surface area (Å²) >= 11 is 5.66. The van der Waals surface area contributed by atoms with Crippen LogP contribution >= 0.6 is 11.6 Å². The van der Waals surface area contributed by atoms with Crippen LogP contribution in [0, 0.1) is 5.82 Å². The van der Waals surface area contributed by atoms with Crippen LogP contribution in [0.3, 0.4) is 0 Å². The highest BCUT2D eigenvalue weighted by Gasteiger charge is 2.15.